The topological polar surface area (TPSA) is 105 Å². The van der Waals surface area contributed by atoms with Crippen LogP contribution in [0.1, 0.15) is 73.8 Å². The van der Waals surface area contributed by atoms with Gasteiger partial charge in [-0.15, -0.1) is 22.7 Å². The van der Waals surface area contributed by atoms with Crippen molar-refractivity contribution in [1.82, 2.24) is 19.9 Å². The van der Waals surface area contributed by atoms with E-state index in [2.05, 4.69) is 162 Å². The first-order valence-corrected chi connectivity index (χ1v) is 19.7. The minimum atomic E-state index is -0.0216. The molecule has 54 heavy (non-hydrogen) atoms. The number of nitrogens with one attached hydrogen (secondary N) is 2. The summed E-state index contributed by atoms with van der Waals surface area (Å²) in [5.41, 5.74) is 10.8. The Kier molecular flexibility index (Phi) is 8.45. The minimum absolute atomic E-state index is 0.0216. The van der Waals surface area contributed by atoms with Crippen molar-refractivity contribution in [2.75, 3.05) is 0 Å². The van der Waals surface area contributed by atoms with Crippen molar-refractivity contribution < 1.29 is 0 Å². The molecule has 8 aromatic rings. The zero-order valence-corrected chi connectivity index (χ0v) is 33.3. The first kappa shape index (κ1) is 35.2. The average Bonchev–Trinajstić information content (AvgIpc) is 3.92. The molecule has 0 aliphatic heterocycles. The molecule has 8 rings (SSSR count). The van der Waals surface area contributed by atoms with E-state index < -0.39 is 0 Å². The normalized spacial score (nSPS) is 13.4. The molecule has 0 aliphatic rings. The van der Waals surface area contributed by atoms with E-state index in [-0.39, 0.29) is 10.8 Å². The van der Waals surface area contributed by atoms with Crippen LogP contribution in [0, 0.1) is 36.5 Å². The van der Waals surface area contributed by atoms with Crippen LogP contribution in [0.2, 0.25) is 0 Å². The van der Waals surface area contributed by atoms with Gasteiger partial charge in [-0.3, -0.25) is 0 Å². The lowest BCUT2D eigenvalue weighted by molar-refractivity contribution is 0.591. The molecule has 0 spiro atoms. The molecule has 4 aromatic heterocycles. The van der Waals surface area contributed by atoms with Gasteiger partial charge in [0.25, 0.3) is 0 Å². The smallest absolute Gasteiger partial charge is 0.137 e. The van der Waals surface area contributed by atoms with E-state index in [1.165, 1.54) is 33.8 Å². The largest absolute Gasteiger partial charge is 0.353 e. The highest BCUT2D eigenvalue weighted by Crippen LogP contribution is 2.36. The lowest BCUT2D eigenvalue weighted by Gasteiger charge is -2.18. The van der Waals surface area contributed by atoms with Crippen molar-refractivity contribution in [3.63, 3.8) is 0 Å². The SMILES string of the molecule is Cc1ccc(-c2[nH]/c(=C(/C#N)c3nc4ccc(C(C)(C)C)cc4s3)c3c(-c4ccc(C)cc4)[nH]/c(=C(/C#N)c4nc5ccc(C(C)(C)C)cc5s4)c23)cc1. The summed E-state index contributed by atoms with van der Waals surface area (Å²) < 4.78 is 2.07. The molecule has 0 amide bonds. The molecule has 0 fully saturated rings. The van der Waals surface area contributed by atoms with E-state index in [1.54, 1.807) is 0 Å². The van der Waals surface area contributed by atoms with Crippen molar-refractivity contribution in [3.05, 3.63) is 128 Å². The van der Waals surface area contributed by atoms with Gasteiger partial charge in [0.2, 0.25) is 0 Å². The number of nitrogens with zero attached hydrogens (tertiary/aromatic N) is 4. The number of benzene rings is 4. The van der Waals surface area contributed by atoms with Crippen LogP contribution in [-0.2, 0) is 10.8 Å². The lowest BCUT2D eigenvalue weighted by Crippen LogP contribution is -2.10. The number of hydrogen-bond acceptors (Lipinski definition) is 6. The second-order valence-electron chi connectivity index (χ2n) is 16.1. The van der Waals surface area contributed by atoms with Gasteiger partial charge in [0, 0.05) is 10.8 Å². The van der Waals surface area contributed by atoms with E-state index in [9.17, 15) is 10.5 Å². The Balaban J connectivity index is 1.52. The summed E-state index contributed by atoms with van der Waals surface area (Å²) in [4.78, 5) is 17.5. The number of aromatic amines is 2. The maximum Gasteiger partial charge on any atom is 0.137 e. The number of hydrogen-bond donors (Lipinski definition) is 2. The Morgan fingerprint density at radius 3 is 1.26 bits per heavy atom. The Bertz CT molecular complexity index is 2770. The van der Waals surface area contributed by atoms with Gasteiger partial charge in [-0.25, -0.2) is 9.97 Å². The Labute approximate surface area is 322 Å². The van der Waals surface area contributed by atoms with Gasteiger partial charge in [0.15, 0.2) is 0 Å². The number of aryl methyl sites for hydroxylation is 2. The van der Waals surface area contributed by atoms with Gasteiger partial charge >= 0.3 is 0 Å². The first-order valence-electron chi connectivity index (χ1n) is 18.0. The first-order chi connectivity index (χ1) is 25.7. The Hall–Kier alpha value is -5.80. The van der Waals surface area contributed by atoms with Crippen LogP contribution in [0.3, 0.4) is 0 Å². The molecule has 8 heteroatoms. The number of aromatic nitrogens is 4. The van der Waals surface area contributed by atoms with Crippen molar-refractivity contribution in [2.45, 2.75) is 66.2 Å². The minimum Gasteiger partial charge on any atom is -0.353 e. The molecule has 0 radical (unpaired) electrons. The quantitative estimate of drug-likeness (QED) is 0.187. The molecule has 0 bridgehead atoms. The summed E-state index contributed by atoms with van der Waals surface area (Å²) in [6, 6.07) is 34.5. The second-order valence-corrected chi connectivity index (χ2v) is 18.2. The fourth-order valence-corrected chi connectivity index (χ4v) is 8.93. The summed E-state index contributed by atoms with van der Waals surface area (Å²) in [7, 11) is 0. The van der Waals surface area contributed by atoms with E-state index in [4.69, 9.17) is 9.97 Å². The maximum absolute atomic E-state index is 11.0. The van der Waals surface area contributed by atoms with Crippen molar-refractivity contribution >= 4 is 65.0 Å². The second kappa shape index (κ2) is 13.0. The van der Waals surface area contributed by atoms with E-state index in [1.807, 2.05) is 0 Å². The summed E-state index contributed by atoms with van der Waals surface area (Å²) >= 11 is 3.05. The Morgan fingerprint density at radius 1 is 0.556 bits per heavy atom. The van der Waals surface area contributed by atoms with E-state index in [0.717, 1.165) is 64.8 Å². The highest BCUT2D eigenvalue weighted by molar-refractivity contribution is 7.20. The Morgan fingerprint density at radius 2 is 0.926 bits per heavy atom. The fourth-order valence-electron chi connectivity index (χ4n) is 6.92. The van der Waals surface area contributed by atoms with Gasteiger partial charge in [0.05, 0.1) is 42.5 Å². The molecule has 2 N–H and O–H groups in total. The number of fused-ring (bicyclic) bond motifs is 3. The van der Waals surface area contributed by atoms with Gasteiger partial charge in [-0.1, -0.05) is 113 Å². The highest BCUT2D eigenvalue weighted by Gasteiger charge is 2.25. The molecular weight excluding hydrogens is 701 g/mol. The van der Waals surface area contributed by atoms with Gasteiger partial charge in [-0.2, -0.15) is 10.5 Å². The predicted molar refractivity (Wildman–Crippen MR) is 225 cm³/mol. The molecule has 6 nitrogen and oxygen atoms in total. The summed E-state index contributed by atoms with van der Waals surface area (Å²) in [6.45, 7) is 17.3. The van der Waals surface area contributed by atoms with Crippen LogP contribution in [0.5, 0.6) is 0 Å². The average molecular weight is 741 g/mol. The molecule has 4 heterocycles. The van der Waals surface area contributed by atoms with Crippen LogP contribution in [0.4, 0.5) is 0 Å². The molecular formula is C46H40N6S2. The fraction of sp³-hybridized carbons (Fsp3) is 0.217. The standard InChI is InChI=1S/C46H40N6S2/c1-25-9-13-27(14-10-25)39-37-38(42(51-39)32(24-48)44-50-34-20-18-30(46(6,7)8)22-36(34)54-44)40(28-15-11-26(2)12-16-28)52-41(37)31(23-47)43-49-33-19-17-29(45(3,4)5)21-35(33)53-43/h9-22,51-52H,1-8H3/b41-31-,42-32-. The number of thiazole rings is 2. The zero-order valence-electron chi connectivity index (χ0n) is 31.7. The van der Waals surface area contributed by atoms with Crippen molar-refractivity contribution in [2.24, 2.45) is 0 Å². The van der Waals surface area contributed by atoms with Crippen molar-refractivity contribution in [1.29, 1.82) is 10.5 Å². The van der Waals surface area contributed by atoms with E-state index >= 15 is 0 Å². The summed E-state index contributed by atoms with van der Waals surface area (Å²) in [5.74, 6) is 0. The van der Waals surface area contributed by atoms with Crippen LogP contribution < -0.4 is 10.7 Å². The molecule has 0 unspecified atom stereocenters. The molecule has 266 valence electrons. The van der Waals surface area contributed by atoms with Gasteiger partial charge < -0.3 is 9.97 Å². The number of rotatable bonds is 4. The third-order valence-corrected chi connectivity index (χ3v) is 12.2. The number of nitriles is 2. The molecule has 0 aliphatic carbocycles. The van der Waals surface area contributed by atoms with Crippen LogP contribution in [-0.4, -0.2) is 19.9 Å². The van der Waals surface area contributed by atoms with Crippen LogP contribution in [0.25, 0.3) is 64.9 Å². The third kappa shape index (κ3) is 6.12. The van der Waals surface area contributed by atoms with Gasteiger partial charge in [-0.05, 0) is 71.2 Å². The molecule has 0 saturated heterocycles. The van der Waals surface area contributed by atoms with Crippen LogP contribution >= 0.6 is 22.7 Å². The van der Waals surface area contributed by atoms with Crippen molar-refractivity contribution in [3.8, 4) is 34.7 Å². The third-order valence-electron chi connectivity index (χ3n) is 10.1. The monoisotopic (exact) mass is 740 g/mol. The molecule has 0 saturated carbocycles. The molecule has 0 atom stereocenters. The summed E-state index contributed by atoms with van der Waals surface area (Å²) in [6.07, 6.45) is 0. The van der Waals surface area contributed by atoms with Gasteiger partial charge in [0.1, 0.15) is 33.3 Å². The zero-order chi connectivity index (χ0) is 38.1. The summed E-state index contributed by atoms with van der Waals surface area (Å²) in [5, 5.41) is 26.3. The highest BCUT2D eigenvalue weighted by atomic mass is 32.1. The maximum atomic E-state index is 11.0. The predicted octanol–water partition coefficient (Wildman–Crippen LogP) is 10.7. The van der Waals surface area contributed by atoms with Crippen LogP contribution in [0.15, 0.2) is 84.9 Å². The van der Waals surface area contributed by atoms with E-state index in [0.29, 0.717) is 31.9 Å². The molecule has 4 aromatic carbocycles. The number of H-pyrrole nitrogens is 2. The lowest BCUT2D eigenvalue weighted by atomic mass is 9.87.